The fourth-order valence-electron chi connectivity index (χ4n) is 1.64. The Morgan fingerprint density at radius 2 is 1.84 bits per heavy atom. The number of benzene rings is 1. The van der Waals surface area contributed by atoms with Gasteiger partial charge in [-0.1, -0.05) is 29.8 Å². The Hall–Kier alpha value is -1.68. The Labute approximate surface area is 118 Å². The SMILES string of the molecule is COc1cc(SCc2ccc(C)cc2)cnc1OC. The van der Waals surface area contributed by atoms with Crippen LogP contribution in [-0.4, -0.2) is 19.2 Å². The van der Waals surface area contributed by atoms with Gasteiger partial charge in [0.2, 0.25) is 0 Å². The van der Waals surface area contributed by atoms with Crippen molar-refractivity contribution in [2.75, 3.05) is 14.2 Å². The number of pyridine rings is 1. The second kappa shape index (κ2) is 6.48. The topological polar surface area (TPSA) is 31.4 Å². The van der Waals surface area contributed by atoms with E-state index in [2.05, 4.69) is 36.2 Å². The molecule has 4 heteroatoms. The first-order valence-electron chi connectivity index (χ1n) is 5.99. The van der Waals surface area contributed by atoms with Crippen LogP contribution in [0.4, 0.5) is 0 Å². The highest BCUT2D eigenvalue weighted by molar-refractivity contribution is 7.98. The molecule has 0 spiro atoms. The second-order valence-corrected chi connectivity index (χ2v) is 5.21. The van der Waals surface area contributed by atoms with Gasteiger partial charge in [0.15, 0.2) is 5.75 Å². The first-order valence-corrected chi connectivity index (χ1v) is 6.98. The minimum Gasteiger partial charge on any atom is -0.491 e. The predicted molar refractivity (Wildman–Crippen MR) is 78.1 cm³/mol. The van der Waals surface area contributed by atoms with Gasteiger partial charge in [0, 0.05) is 22.9 Å². The number of aryl methyl sites for hydroxylation is 1. The number of thioether (sulfide) groups is 1. The van der Waals surface area contributed by atoms with Gasteiger partial charge in [0.05, 0.1) is 14.2 Å². The summed E-state index contributed by atoms with van der Waals surface area (Å²) in [5, 5.41) is 0. The van der Waals surface area contributed by atoms with Crippen LogP contribution < -0.4 is 9.47 Å². The van der Waals surface area contributed by atoms with E-state index in [1.807, 2.05) is 6.07 Å². The smallest absolute Gasteiger partial charge is 0.256 e. The van der Waals surface area contributed by atoms with Gasteiger partial charge in [-0.3, -0.25) is 0 Å². The monoisotopic (exact) mass is 275 g/mol. The molecule has 1 aromatic heterocycles. The minimum atomic E-state index is 0.516. The van der Waals surface area contributed by atoms with Crippen molar-refractivity contribution in [3.05, 3.63) is 47.7 Å². The van der Waals surface area contributed by atoms with E-state index in [9.17, 15) is 0 Å². The molecule has 0 aliphatic carbocycles. The van der Waals surface area contributed by atoms with Crippen molar-refractivity contribution in [1.29, 1.82) is 0 Å². The lowest BCUT2D eigenvalue weighted by Crippen LogP contribution is -1.93. The fourth-order valence-corrected chi connectivity index (χ4v) is 2.49. The van der Waals surface area contributed by atoms with Crippen LogP contribution in [0.15, 0.2) is 41.4 Å². The van der Waals surface area contributed by atoms with Gasteiger partial charge < -0.3 is 9.47 Å². The van der Waals surface area contributed by atoms with E-state index in [0.29, 0.717) is 11.6 Å². The molecule has 0 radical (unpaired) electrons. The Balaban J connectivity index is 2.05. The van der Waals surface area contributed by atoms with E-state index < -0.39 is 0 Å². The molecule has 0 unspecified atom stereocenters. The van der Waals surface area contributed by atoms with Gasteiger partial charge in [0.25, 0.3) is 5.88 Å². The summed E-state index contributed by atoms with van der Waals surface area (Å²) in [4.78, 5) is 5.29. The maximum atomic E-state index is 5.24. The van der Waals surface area contributed by atoms with Crippen molar-refractivity contribution in [3.63, 3.8) is 0 Å². The van der Waals surface area contributed by atoms with Gasteiger partial charge in [-0.2, -0.15) is 0 Å². The Morgan fingerprint density at radius 3 is 2.47 bits per heavy atom. The van der Waals surface area contributed by atoms with Crippen molar-refractivity contribution in [2.45, 2.75) is 17.6 Å². The van der Waals surface area contributed by atoms with Gasteiger partial charge in [-0.05, 0) is 12.5 Å². The first-order chi connectivity index (χ1) is 9.22. The minimum absolute atomic E-state index is 0.516. The molecule has 1 heterocycles. The summed E-state index contributed by atoms with van der Waals surface area (Å²) in [7, 11) is 3.21. The molecular formula is C15H17NO2S. The molecule has 0 amide bonds. The molecule has 0 fully saturated rings. The van der Waals surface area contributed by atoms with Crippen LogP contribution >= 0.6 is 11.8 Å². The molecule has 2 rings (SSSR count). The third-order valence-corrected chi connectivity index (χ3v) is 3.77. The number of rotatable bonds is 5. The van der Waals surface area contributed by atoms with Crippen molar-refractivity contribution in [2.24, 2.45) is 0 Å². The zero-order valence-electron chi connectivity index (χ0n) is 11.3. The summed E-state index contributed by atoms with van der Waals surface area (Å²) >= 11 is 1.73. The summed E-state index contributed by atoms with van der Waals surface area (Å²) in [5.41, 5.74) is 2.58. The highest BCUT2D eigenvalue weighted by Gasteiger charge is 2.06. The quantitative estimate of drug-likeness (QED) is 0.779. The fraction of sp³-hybridized carbons (Fsp3) is 0.267. The lowest BCUT2D eigenvalue weighted by Gasteiger charge is -2.08. The molecule has 0 saturated heterocycles. The van der Waals surface area contributed by atoms with E-state index in [1.54, 1.807) is 32.2 Å². The Morgan fingerprint density at radius 1 is 1.11 bits per heavy atom. The number of hydrogen-bond donors (Lipinski definition) is 0. The highest BCUT2D eigenvalue weighted by atomic mass is 32.2. The lowest BCUT2D eigenvalue weighted by molar-refractivity contribution is 0.341. The largest absolute Gasteiger partial charge is 0.491 e. The van der Waals surface area contributed by atoms with E-state index in [-0.39, 0.29) is 0 Å². The molecule has 100 valence electrons. The van der Waals surface area contributed by atoms with Crippen LogP contribution in [0.3, 0.4) is 0 Å². The van der Waals surface area contributed by atoms with Crippen LogP contribution in [0.2, 0.25) is 0 Å². The summed E-state index contributed by atoms with van der Waals surface area (Å²) in [5.74, 6) is 2.09. The Kier molecular flexibility index (Phi) is 4.68. The summed E-state index contributed by atoms with van der Waals surface area (Å²) in [6.07, 6.45) is 1.81. The van der Waals surface area contributed by atoms with E-state index in [0.717, 1.165) is 10.6 Å². The maximum absolute atomic E-state index is 5.24. The third kappa shape index (κ3) is 3.64. The maximum Gasteiger partial charge on any atom is 0.256 e. The van der Waals surface area contributed by atoms with Crippen molar-refractivity contribution in [1.82, 2.24) is 4.98 Å². The average molecular weight is 275 g/mol. The van der Waals surface area contributed by atoms with Crippen molar-refractivity contribution < 1.29 is 9.47 Å². The van der Waals surface area contributed by atoms with Crippen LogP contribution in [0.25, 0.3) is 0 Å². The predicted octanol–water partition coefficient (Wildman–Crippen LogP) is 3.70. The molecular weight excluding hydrogens is 258 g/mol. The lowest BCUT2D eigenvalue weighted by atomic mass is 10.2. The normalized spacial score (nSPS) is 10.3. The second-order valence-electron chi connectivity index (χ2n) is 4.16. The number of nitrogens with zero attached hydrogens (tertiary/aromatic N) is 1. The van der Waals surface area contributed by atoms with E-state index >= 15 is 0 Å². The van der Waals surface area contributed by atoms with Gasteiger partial charge in [0.1, 0.15) is 0 Å². The van der Waals surface area contributed by atoms with Gasteiger partial charge in [-0.25, -0.2) is 4.98 Å². The summed E-state index contributed by atoms with van der Waals surface area (Å²) in [6, 6.07) is 10.5. The van der Waals surface area contributed by atoms with Gasteiger partial charge in [-0.15, -0.1) is 11.8 Å². The van der Waals surface area contributed by atoms with Crippen molar-refractivity contribution >= 4 is 11.8 Å². The standard InChI is InChI=1S/C15H17NO2S/c1-11-4-6-12(7-5-11)10-19-13-8-14(17-2)15(18-3)16-9-13/h4-9H,10H2,1-3H3. The molecule has 1 aromatic carbocycles. The number of hydrogen-bond acceptors (Lipinski definition) is 4. The zero-order valence-corrected chi connectivity index (χ0v) is 12.2. The van der Waals surface area contributed by atoms with E-state index in [4.69, 9.17) is 9.47 Å². The molecule has 19 heavy (non-hydrogen) atoms. The third-order valence-electron chi connectivity index (χ3n) is 2.73. The van der Waals surface area contributed by atoms with Crippen molar-refractivity contribution in [3.8, 4) is 11.6 Å². The molecule has 0 bridgehead atoms. The molecule has 2 aromatic rings. The van der Waals surface area contributed by atoms with Crippen LogP contribution in [0.5, 0.6) is 11.6 Å². The molecule has 0 N–H and O–H groups in total. The summed E-state index contributed by atoms with van der Waals surface area (Å²) in [6.45, 7) is 2.09. The number of aromatic nitrogens is 1. The number of ether oxygens (including phenoxy) is 2. The van der Waals surface area contributed by atoms with Gasteiger partial charge >= 0.3 is 0 Å². The Bertz CT molecular complexity index is 540. The zero-order chi connectivity index (χ0) is 13.7. The molecule has 0 saturated carbocycles. The summed E-state index contributed by atoms with van der Waals surface area (Å²) < 4.78 is 10.4. The van der Waals surface area contributed by atoms with E-state index in [1.165, 1.54) is 11.1 Å². The van der Waals surface area contributed by atoms with Crippen LogP contribution in [-0.2, 0) is 5.75 Å². The average Bonchev–Trinajstić information content (AvgIpc) is 2.46. The molecule has 0 atom stereocenters. The first kappa shape index (κ1) is 13.7. The molecule has 0 aliphatic heterocycles. The number of methoxy groups -OCH3 is 2. The molecule has 0 aliphatic rings. The van der Waals surface area contributed by atoms with Crippen LogP contribution in [0, 0.1) is 6.92 Å². The highest BCUT2D eigenvalue weighted by Crippen LogP contribution is 2.30. The molecule has 3 nitrogen and oxygen atoms in total. The van der Waals surface area contributed by atoms with Crippen LogP contribution in [0.1, 0.15) is 11.1 Å².